The molecule has 0 amide bonds. The van der Waals surface area contributed by atoms with E-state index >= 15 is 0 Å². The molecule has 0 aliphatic heterocycles. The maximum absolute atomic E-state index is 2.42. The summed E-state index contributed by atoms with van der Waals surface area (Å²) in [6.07, 6.45) is 4.31. The van der Waals surface area contributed by atoms with Gasteiger partial charge in [0.25, 0.3) is 0 Å². The molecule has 0 saturated heterocycles. The zero-order valence-electron chi connectivity index (χ0n) is 12.6. The van der Waals surface area contributed by atoms with Crippen molar-refractivity contribution in [2.75, 3.05) is 20.6 Å². The van der Waals surface area contributed by atoms with E-state index in [1.54, 1.807) is 0 Å². The van der Waals surface area contributed by atoms with Crippen LogP contribution in [0.4, 0.5) is 0 Å². The van der Waals surface area contributed by atoms with Crippen LogP contribution < -0.4 is 0 Å². The van der Waals surface area contributed by atoms with Crippen LogP contribution in [0.15, 0.2) is 0 Å². The molecule has 0 spiro atoms. The van der Waals surface area contributed by atoms with Gasteiger partial charge in [-0.05, 0) is 44.8 Å². The molecule has 1 saturated carbocycles. The van der Waals surface area contributed by atoms with Crippen molar-refractivity contribution >= 4 is 21.4 Å². The summed E-state index contributed by atoms with van der Waals surface area (Å²) in [5.74, 6) is 2.94. The van der Waals surface area contributed by atoms with Gasteiger partial charge in [-0.2, -0.15) is 0 Å². The van der Waals surface area contributed by atoms with Crippen molar-refractivity contribution in [2.45, 2.75) is 47.2 Å². The number of nitrogens with zero attached hydrogens (tertiary/aromatic N) is 1. The van der Waals surface area contributed by atoms with Gasteiger partial charge in [0.05, 0.1) is 0 Å². The molecule has 0 aromatic heterocycles. The summed E-state index contributed by atoms with van der Waals surface area (Å²) < 4.78 is 7.13. The van der Waals surface area contributed by atoms with Gasteiger partial charge in [0.15, 0.2) is 0 Å². The van der Waals surface area contributed by atoms with E-state index in [-0.39, 0.29) is 0 Å². The van der Waals surface area contributed by atoms with Gasteiger partial charge in [-0.3, -0.25) is 0 Å². The quantitative estimate of drug-likeness (QED) is 0.757. The van der Waals surface area contributed by atoms with E-state index in [1.807, 2.05) is 0 Å². The molecule has 2 atom stereocenters. The van der Waals surface area contributed by atoms with Gasteiger partial charge in [-0.25, -0.2) is 0 Å². The standard InChI is InChI=1S/C11H23N.3CH3.In/c1-9-5-6-10(2)11(9)7-8-12(3)4;;;;/h9-11H,5-8H2,1-4H3;3*1H3;. The molecule has 0 heterocycles. The third-order valence-corrected chi connectivity index (χ3v) is 3.45. The second-order valence-electron chi connectivity index (χ2n) is 6.52. The molecule has 0 aromatic rings. The van der Waals surface area contributed by atoms with Crippen molar-refractivity contribution in [1.29, 1.82) is 0 Å². The van der Waals surface area contributed by atoms with Crippen LogP contribution in [-0.4, -0.2) is 47.0 Å². The van der Waals surface area contributed by atoms with Crippen molar-refractivity contribution in [3.05, 3.63) is 0 Å². The Morgan fingerprint density at radius 2 is 1.38 bits per heavy atom. The van der Waals surface area contributed by atoms with E-state index in [1.165, 1.54) is 25.8 Å². The van der Waals surface area contributed by atoms with Gasteiger partial charge in [0.1, 0.15) is 0 Å². The Morgan fingerprint density at radius 3 is 1.69 bits per heavy atom. The first-order chi connectivity index (χ1) is 7.34. The zero-order valence-corrected chi connectivity index (χ0v) is 15.9. The Kier molecular flexibility index (Phi) is 9.31. The van der Waals surface area contributed by atoms with Crippen LogP contribution in [0.5, 0.6) is 0 Å². The molecule has 1 nitrogen and oxygen atoms in total. The zero-order chi connectivity index (χ0) is 12.7. The fourth-order valence-electron chi connectivity index (χ4n) is 2.49. The molecule has 0 radical (unpaired) electrons. The van der Waals surface area contributed by atoms with Gasteiger partial charge in [-0.15, -0.1) is 0 Å². The molecular weight excluding hydrogens is 297 g/mol. The van der Waals surface area contributed by atoms with E-state index in [9.17, 15) is 0 Å². The summed E-state index contributed by atoms with van der Waals surface area (Å²) >= 11 is -0.637. The second-order valence-corrected chi connectivity index (χ2v) is 16.4. The molecule has 0 N–H and O–H groups in total. The van der Waals surface area contributed by atoms with Crippen molar-refractivity contribution in [1.82, 2.24) is 4.90 Å². The number of rotatable bonds is 3. The molecule has 1 aliphatic carbocycles. The summed E-state index contributed by atoms with van der Waals surface area (Å²) in [6.45, 7) is 6.10. The normalized spacial score (nSPS) is 28.9. The van der Waals surface area contributed by atoms with E-state index < -0.39 is 21.4 Å². The minimum atomic E-state index is -0.637. The van der Waals surface area contributed by atoms with Crippen molar-refractivity contribution in [3.63, 3.8) is 0 Å². The van der Waals surface area contributed by atoms with Crippen LogP contribution in [0.1, 0.15) is 33.1 Å². The Hall–Kier alpha value is 0.830. The van der Waals surface area contributed by atoms with E-state index in [4.69, 9.17) is 0 Å². The molecule has 96 valence electrons. The van der Waals surface area contributed by atoms with E-state index in [2.05, 4.69) is 46.9 Å². The molecule has 1 rings (SSSR count). The first-order valence-corrected chi connectivity index (χ1v) is 16.9. The van der Waals surface area contributed by atoms with Gasteiger partial charge >= 0.3 is 35.5 Å². The second kappa shape index (κ2) is 8.85. The summed E-state index contributed by atoms with van der Waals surface area (Å²) in [5, 5.41) is 0. The van der Waals surface area contributed by atoms with Gasteiger partial charge in [-0.1, -0.05) is 26.7 Å². The fourth-order valence-corrected chi connectivity index (χ4v) is 2.49. The Labute approximate surface area is 112 Å². The average molecular weight is 329 g/mol. The van der Waals surface area contributed by atoms with E-state index in [0.717, 1.165) is 17.8 Å². The maximum atomic E-state index is 2.42. The third kappa shape index (κ3) is 8.00. The molecule has 0 aromatic carbocycles. The summed E-state index contributed by atoms with van der Waals surface area (Å²) in [4.78, 5) is 2.30. The van der Waals surface area contributed by atoms with E-state index in [0.29, 0.717) is 0 Å². The number of hydrogen-bond acceptors (Lipinski definition) is 1. The van der Waals surface area contributed by atoms with Crippen molar-refractivity contribution < 1.29 is 0 Å². The Morgan fingerprint density at radius 1 is 1.00 bits per heavy atom. The topological polar surface area (TPSA) is 3.24 Å². The number of hydrogen-bond donors (Lipinski definition) is 0. The molecule has 1 aliphatic rings. The Balaban J connectivity index is 0.000000487. The monoisotopic (exact) mass is 329 g/mol. The minimum absolute atomic E-state index is 0.637. The van der Waals surface area contributed by atoms with Gasteiger partial charge < -0.3 is 4.90 Å². The van der Waals surface area contributed by atoms with Crippen LogP contribution >= 0.6 is 0 Å². The van der Waals surface area contributed by atoms with Crippen LogP contribution in [0.3, 0.4) is 0 Å². The first kappa shape index (κ1) is 16.8. The summed E-state index contributed by atoms with van der Waals surface area (Å²) in [7, 11) is 4.34. The molecular formula is C14H32InN. The molecule has 2 heteroatoms. The predicted molar refractivity (Wildman–Crippen MR) is 77.6 cm³/mol. The molecule has 0 bridgehead atoms. The SMILES string of the molecule is CC1CCC(C)C1CCN(C)C.[CH3][In]([CH3])[CH3]. The first-order valence-electron chi connectivity index (χ1n) is 6.99. The van der Waals surface area contributed by atoms with Crippen LogP contribution in [0.25, 0.3) is 0 Å². The van der Waals surface area contributed by atoms with Crippen LogP contribution in [-0.2, 0) is 0 Å². The van der Waals surface area contributed by atoms with Crippen molar-refractivity contribution in [2.24, 2.45) is 17.8 Å². The van der Waals surface area contributed by atoms with Crippen molar-refractivity contribution in [3.8, 4) is 0 Å². The fraction of sp³-hybridized carbons (Fsp3) is 1.00. The Bertz CT molecular complexity index is 155. The molecule has 1 fully saturated rings. The third-order valence-electron chi connectivity index (χ3n) is 3.45. The van der Waals surface area contributed by atoms with Gasteiger partial charge in [0, 0.05) is 0 Å². The average Bonchev–Trinajstić information content (AvgIpc) is 2.42. The predicted octanol–water partition coefficient (Wildman–Crippen LogP) is 3.99. The summed E-state index contributed by atoms with van der Waals surface area (Å²) in [5.41, 5.74) is 0. The van der Waals surface area contributed by atoms with Gasteiger partial charge in [0.2, 0.25) is 0 Å². The molecule has 2 unspecified atom stereocenters. The molecule has 16 heavy (non-hydrogen) atoms. The van der Waals surface area contributed by atoms with Crippen LogP contribution in [0.2, 0.25) is 14.0 Å². The van der Waals surface area contributed by atoms with Crippen LogP contribution in [0, 0.1) is 17.8 Å². The summed E-state index contributed by atoms with van der Waals surface area (Å²) in [6, 6.07) is 0.